The van der Waals surface area contributed by atoms with E-state index in [1.165, 1.54) is 19.2 Å². The molecular weight excluding hydrogens is 401 g/mol. The Morgan fingerprint density at radius 3 is 2.63 bits per heavy atom. The predicted octanol–water partition coefficient (Wildman–Crippen LogP) is 3.49. The molecule has 1 amide bonds. The molecule has 152 valence electrons. The molecule has 0 unspecified atom stereocenters. The van der Waals surface area contributed by atoms with Gasteiger partial charge in [0.1, 0.15) is 0 Å². The zero-order valence-electron chi connectivity index (χ0n) is 15.4. The van der Waals surface area contributed by atoms with E-state index in [1.807, 2.05) is 0 Å². The van der Waals surface area contributed by atoms with Gasteiger partial charge < -0.3 is 10.1 Å². The highest BCUT2D eigenvalue weighted by Crippen LogP contribution is 2.34. The average Bonchev–Trinajstić information content (AvgIpc) is 3.20. The number of nitrogens with one attached hydrogen (secondary N) is 1. The topological polar surface area (TPSA) is 94.8 Å². The number of carbonyl (C=O) groups excluding carboxylic acids is 1. The number of anilines is 1. The highest BCUT2D eigenvalue weighted by molar-refractivity contribution is 6.09. The summed E-state index contributed by atoms with van der Waals surface area (Å²) >= 11 is 0. The number of fused-ring (bicyclic) bond motifs is 1. The van der Waals surface area contributed by atoms with Crippen LogP contribution in [0.2, 0.25) is 0 Å². The predicted molar refractivity (Wildman–Crippen MR) is 100 cm³/mol. The van der Waals surface area contributed by atoms with Crippen molar-refractivity contribution in [1.82, 2.24) is 25.0 Å². The summed E-state index contributed by atoms with van der Waals surface area (Å²) in [5, 5.41) is 14.1. The smallest absolute Gasteiger partial charge is 0.434 e. The zero-order chi connectivity index (χ0) is 21.3. The fourth-order valence-corrected chi connectivity index (χ4v) is 2.90. The number of hydrogen-bond donors (Lipinski definition) is 1. The molecule has 30 heavy (non-hydrogen) atoms. The van der Waals surface area contributed by atoms with Crippen LogP contribution in [-0.2, 0) is 6.18 Å². The van der Waals surface area contributed by atoms with Gasteiger partial charge in [-0.2, -0.15) is 18.3 Å². The van der Waals surface area contributed by atoms with E-state index in [4.69, 9.17) is 4.74 Å². The normalized spacial score (nSPS) is 11.5. The maximum Gasteiger partial charge on any atom is 0.434 e. The Labute approximate surface area is 167 Å². The van der Waals surface area contributed by atoms with Gasteiger partial charge in [-0.15, -0.1) is 10.2 Å². The van der Waals surface area contributed by atoms with E-state index in [-0.39, 0.29) is 11.7 Å². The molecule has 4 rings (SSSR count). The SMILES string of the molecule is COc1ccc(-n2ncc(C(=O)Nc3cccc4ncccc34)c2C(F)(F)F)nn1. The molecule has 0 bridgehead atoms. The molecule has 0 atom stereocenters. The summed E-state index contributed by atoms with van der Waals surface area (Å²) in [5.74, 6) is -1.05. The van der Waals surface area contributed by atoms with E-state index in [1.54, 1.807) is 36.5 Å². The molecule has 0 aliphatic rings. The summed E-state index contributed by atoms with van der Waals surface area (Å²) in [5.41, 5.74) is -0.995. The third kappa shape index (κ3) is 3.52. The van der Waals surface area contributed by atoms with E-state index in [0.717, 1.165) is 6.20 Å². The monoisotopic (exact) mass is 414 g/mol. The second-order valence-electron chi connectivity index (χ2n) is 6.08. The Morgan fingerprint density at radius 2 is 1.93 bits per heavy atom. The first-order valence-electron chi connectivity index (χ1n) is 8.57. The number of pyridine rings is 1. The van der Waals surface area contributed by atoms with Crippen LogP contribution < -0.4 is 10.1 Å². The van der Waals surface area contributed by atoms with Gasteiger partial charge in [-0.05, 0) is 30.3 Å². The van der Waals surface area contributed by atoms with Gasteiger partial charge in [-0.1, -0.05) is 6.07 Å². The zero-order valence-corrected chi connectivity index (χ0v) is 15.4. The highest BCUT2D eigenvalue weighted by atomic mass is 19.4. The molecule has 0 radical (unpaired) electrons. The quantitative estimate of drug-likeness (QED) is 0.549. The van der Waals surface area contributed by atoms with Crippen molar-refractivity contribution in [1.29, 1.82) is 0 Å². The van der Waals surface area contributed by atoms with Crippen LogP contribution in [0.3, 0.4) is 0 Å². The Hall–Kier alpha value is -4.02. The average molecular weight is 414 g/mol. The van der Waals surface area contributed by atoms with Crippen molar-refractivity contribution < 1.29 is 22.7 Å². The number of ether oxygens (including phenoxy) is 1. The second kappa shape index (κ2) is 7.43. The molecule has 4 aromatic rings. The van der Waals surface area contributed by atoms with Crippen molar-refractivity contribution >= 4 is 22.5 Å². The van der Waals surface area contributed by atoms with E-state index in [2.05, 4.69) is 25.6 Å². The van der Waals surface area contributed by atoms with Crippen LogP contribution >= 0.6 is 0 Å². The summed E-state index contributed by atoms with van der Waals surface area (Å²) in [7, 11) is 1.35. The lowest BCUT2D eigenvalue weighted by Crippen LogP contribution is -2.21. The van der Waals surface area contributed by atoms with Gasteiger partial charge in [0.25, 0.3) is 5.91 Å². The standard InChI is InChI=1S/C19H13F3N6O2/c1-30-16-8-7-15(26-27-16)28-17(19(20,21)22)12(10-24-28)18(29)25-14-6-2-5-13-11(14)4-3-9-23-13/h2-10H,1H3,(H,25,29). The molecule has 0 aliphatic carbocycles. The number of benzene rings is 1. The molecule has 0 spiro atoms. The number of carbonyl (C=O) groups is 1. The minimum Gasteiger partial charge on any atom is -0.480 e. The summed E-state index contributed by atoms with van der Waals surface area (Å²) in [6, 6.07) is 10.9. The van der Waals surface area contributed by atoms with Crippen LogP contribution in [0.15, 0.2) is 54.9 Å². The molecule has 3 heterocycles. The van der Waals surface area contributed by atoms with Gasteiger partial charge in [0, 0.05) is 17.6 Å². The second-order valence-corrected chi connectivity index (χ2v) is 6.08. The van der Waals surface area contributed by atoms with Crippen molar-refractivity contribution in [3.8, 4) is 11.7 Å². The van der Waals surface area contributed by atoms with Crippen LogP contribution in [-0.4, -0.2) is 38.0 Å². The largest absolute Gasteiger partial charge is 0.480 e. The van der Waals surface area contributed by atoms with Crippen molar-refractivity contribution in [2.45, 2.75) is 6.18 Å². The Bertz CT molecular complexity index is 1220. The van der Waals surface area contributed by atoms with Crippen molar-refractivity contribution in [3.05, 3.63) is 66.1 Å². The molecule has 11 heteroatoms. The third-order valence-electron chi connectivity index (χ3n) is 4.23. The lowest BCUT2D eigenvalue weighted by molar-refractivity contribution is -0.143. The number of alkyl halides is 3. The Kier molecular flexibility index (Phi) is 4.78. The van der Waals surface area contributed by atoms with Crippen molar-refractivity contribution in [2.75, 3.05) is 12.4 Å². The minimum absolute atomic E-state index is 0.127. The number of nitrogens with zero attached hydrogens (tertiary/aromatic N) is 5. The number of hydrogen-bond acceptors (Lipinski definition) is 6. The first kappa shape index (κ1) is 19.3. The first-order chi connectivity index (χ1) is 14.4. The fourth-order valence-electron chi connectivity index (χ4n) is 2.90. The lowest BCUT2D eigenvalue weighted by Gasteiger charge is -2.13. The summed E-state index contributed by atoms with van der Waals surface area (Å²) in [4.78, 5) is 16.9. The molecule has 0 saturated heterocycles. The molecule has 3 aromatic heterocycles. The number of methoxy groups -OCH3 is 1. The fraction of sp³-hybridized carbons (Fsp3) is 0.105. The Balaban J connectivity index is 1.74. The molecule has 0 fully saturated rings. The maximum atomic E-state index is 13.8. The van der Waals surface area contributed by atoms with Gasteiger partial charge in [0.2, 0.25) is 5.88 Å². The summed E-state index contributed by atoms with van der Waals surface area (Å²) < 4.78 is 46.8. The van der Waals surface area contributed by atoms with Gasteiger partial charge in [0.05, 0.1) is 30.1 Å². The number of amides is 1. The molecule has 1 aromatic carbocycles. The third-order valence-corrected chi connectivity index (χ3v) is 4.23. The maximum absolute atomic E-state index is 13.8. The van der Waals surface area contributed by atoms with Crippen molar-refractivity contribution in [3.63, 3.8) is 0 Å². The molecule has 0 aliphatic heterocycles. The van der Waals surface area contributed by atoms with Crippen LogP contribution in [0, 0.1) is 0 Å². The lowest BCUT2D eigenvalue weighted by atomic mass is 10.1. The minimum atomic E-state index is -4.87. The van der Waals surface area contributed by atoms with Gasteiger partial charge >= 0.3 is 6.18 Å². The number of rotatable bonds is 4. The number of aromatic nitrogens is 5. The van der Waals surface area contributed by atoms with E-state index < -0.39 is 23.3 Å². The van der Waals surface area contributed by atoms with Crippen molar-refractivity contribution in [2.24, 2.45) is 0 Å². The number of halogens is 3. The van der Waals surface area contributed by atoms with Crippen LogP contribution in [0.25, 0.3) is 16.7 Å². The molecule has 8 nitrogen and oxygen atoms in total. The van der Waals surface area contributed by atoms with E-state index in [0.29, 0.717) is 21.3 Å². The van der Waals surface area contributed by atoms with E-state index in [9.17, 15) is 18.0 Å². The Morgan fingerprint density at radius 1 is 1.10 bits per heavy atom. The molecule has 1 N–H and O–H groups in total. The van der Waals surface area contributed by atoms with Crippen LogP contribution in [0.4, 0.5) is 18.9 Å². The van der Waals surface area contributed by atoms with Gasteiger partial charge in [-0.3, -0.25) is 9.78 Å². The van der Waals surface area contributed by atoms with E-state index >= 15 is 0 Å². The van der Waals surface area contributed by atoms with Gasteiger partial charge in [0.15, 0.2) is 11.5 Å². The van der Waals surface area contributed by atoms with Gasteiger partial charge in [-0.25, -0.2) is 4.68 Å². The van der Waals surface area contributed by atoms with Crippen LogP contribution in [0.1, 0.15) is 16.1 Å². The summed E-state index contributed by atoms with van der Waals surface area (Å²) in [6.07, 6.45) is -2.45. The highest BCUT2D eigenvalue weighted by Gasteiger charge is 2.41. The first-order valence-corrected chi connectivity index (χ1v) is 8.57. The summed E-state index contributed by atoms with van der Waals surface area (Å²) in [6.45, 7) is 0. The molecular formula is C19H13F3N6O2. The van der Waals surface area contributed by atoms with Crippen LogP contribution in [0.5, 0.6) is 5.88 Å². The molecule has 0 saturated carbocycles.